The van der Waals surface area contributed by atoms with Crippen molar-refractivity contribution >= 4 is 28.2 Å². The Bertz CT molecular complexity index is 936. The van der Waals surface area contributed by atoms with E-state index in [2.05, 4.69) is 85.7 Å². The lowest BCUT2D eigenvalue weighted by Crippen LogP contribution is -2.24. The molecule has 1 aromatic heterocycles. The van der Waals surface area contributed by atoms with Gasteiger partial charge in [0, 0.05) is 18.0 Å². The predicted molar refractivity (Wildman–Crippen MR) is 119 cm³/mol. The smallest absolute Gasteiger partial charge is 0.0899 e. The minimum absolute atomic E-state index is 1.01. The normalized spacial score (nSPS) is 11.1. The Hall–Kier alpha value is -2.20. The Kier molecular flexibility index (Phi) is 6.27. The van der Waals surface area contributed by atoms with E-state index in [1.165, 1.54) is 15.7 Å². The van der Waals surface area contributed by atoms with Gasteiger partial charge in [0.1, 0.15) is 0 Å². The number of aryl methyl sites for hydroxylation is 1. The van der Waals surface area contributed by atoms with E-state index in [-0.39, 0.29) is 0 Å². The zero-order valence-electron chi connectivity index (χ0n) is 16.8. The third kappa shape index (κ3) is 4.06. The summed E-state index contributed by atoms with van der Waals surface area (Å²) in [7, 11) is 0. The molecule has 0 unspecified atom stereocenters. The summed E-state index contributed by atoms with van der Waals surface area (Å²) in [6.07, 6.45) is 4.34. The number of rotatable bonds is 8. The Morgan fingerprint density at radius 2 is 1.70 bits per heavy atom. The fourth-order valence-corrected chi connectivity index (χ4v) is 4.11. The molecule has 2 aromatic carbocycles. The monoisotopic (exact) mass is 379 g/mol. The largest absolute Gasteiger partial charge is 0.370 e. The lowest BCUT2D eigenvalue weighted by atomic mass is 10.1. The third-order valence-electron chi connectivity index (χ3n) is 4.77. The molecule has 0 spiro atoms. The quantitative estimate of drug-likeness (QED) is 0.438. The van der Waals surface area contributed by atoms with E-state index in [9.17, 15) is 0 Å². The Morgan fingerprint density at radius 1 is 1.07 bits per heavy atom. The first-order chi connectivity index (χ1) is 13.1. The van der Waals surface area contributed by atoms with Gasteiger partial charge in [-0.05, 0) is 55.0 Å². The van der Waals surface area contributed by atoms with E-state index in [0.29, 0.717) is 0 Å². The van der Waals surface area contributed by atoms with Gasteiger partial charge < -0.3 is 4.90 Å². The molecule has 0 saturated carbocycles. The molecule has 3 aromatic rings. The summed E-state index contributed by atoms with van der Waals surface area (Å²) in [5.41, 5.74) is 4.28. The highest BCUT2D eigenvalue weighted by Crippen LogP contribution is 2.32. The van der Waals surface area contributed by atoms with Crippen molar-refractivity contribution in [1.82, 2.24) is 14.7 Å². The highest BCUT2D eigenvalue weighted by atomic mass is 32.2. The second-order valence-corrected chi connectivity index (χ2v) is 7.74. The summed E-state index contributed by atoms with van der Waals surface area (Å²) in [4.78, 5) is 3.61. The van der Waals surface area contributed by atoms with Gasteiger partial charge >= 0.3 is 0 Å². The molecule has 0 aliphatic heterocycles. The van der Waals surface area contributed by atoms with Gasteiger partial charge in [0.2, 0.25) is 0 Å². The maximum atomic E-state index is 4.84. The summed E-state index contributed by atoms with van der Waals surface area (Å²) in [5.74, 6) is 0. The molecule has 0 aliphatic rings. The van der Waals surface area contributed by atoms with Crippen LogP contribution in [0.2, 0.25) is 0 Å². The van der Waals surface area contributed by atoms with Crippen LogP contribution in [0.4, 0.5) is 0 Å². The second-order valence-electron chi connectivity index (χ2n) is 6.89. The highest BCUT2D eigenvalue weighted by Gasteiger charge is 2.18. The standard InChI is InChI=1S/C23H29N3S/c1-6-12-25(13-7-2)18(4)21-14-17(3)24-26(21)22-15-19-10-8-9-11-20(19)16-23(22)27-5/h8-11,14-16H,4,6-7,12-13H2,1-3,5H3. The molecule has 0 aliphatic carbocycles. The van der Waals surface area contributed by atoms with Crippen molar-refractivity contribution in [3.8, 4) is 5.69 Å². The molecule has 0 atom stereocenters. The van der Waals surface area contributed by atoms with Crippen LogP contribution in [0.15, 0.2) is 53.9 Å². The van der Waals surface area contributed by atoms with Gasteiger partial charge in [-0.2, -0.15) is 5.10 Å². The van der Waals surface area contributed by atoms with Gasteiger partial charge in [-0.25, -0.2) is 4.68 Å². The van der Waals surface area contributed by atoms with Gasteiger partial charge in [0.25, 0.3) is 0 Å². The number of benzene rings is 2. The average molecular weight is 380 g/mol. The first-order valence-electron chi connectivity index (χ1n) is 9.67. The lowest BCUT2D eigenvalue weighted by molar-refractivity contribution is 0.394. The topological polar surface area (TPSA) is 21.1 Å². The molecular formula is C23H29N3S. The Morgan fingerprint density at radius 3 is 2.30 bits per heavy atom. The first kappa shape index (κ1) is 19.6. The van der Waals surface area contributed by atoms with Crippen LogP contribution in [0.25, 0.3) is 22.2 Å². The van der Waals surface area contributed by atoms with Crippen molar-refractivity contribution in [2.45, 2.75) is 38.5 Å². The Balaban J connectivity index is 2.13. The zero-order valence-corrected chi connectivity index (χ0v) is 17.6. The molecule has 3 nitrogen and oxygen atoms in total. The first-order valence-corrected chi connectivity index (χ1v) is 10.9. The maximum Gasteiger partial charge on any atom is 0.0899 e. The zero-order chi connectivity index (χ0) is 19.4. The van der Waals surface area contributed by atoms with Gasteiger partial charge in [-0.1, -0.05) is 44.7 Å². The SMILES string of the molecule is C=C(c1cc(C)nn1-c1cc2ccccc2cc1SC)N(CCC)CCC. The molecule has 0 bridgehead atoms. The number of fused-ring (bicyclic) bond motifs is 1. The molecule has 1 heterocycles. The van der Waals surface area contributed by atoms with Crippen LogP contribution >= 0.6 is 11.8 Å². The Labute approximate surface area is 167 Å². The van der Waals surface area contributed by atoms with Crippen molar-refractivity contribution in [2.75, 3.05) is 19.3 Å². The highest BCUT2D eigenvalue weighted by molar-refractivity contribution is 7.98. The number of aromatic nitrogens is 2. The van der Waals surface area contributed by atoms with E-state index in [0.717, 1.165) is 48.7 Å². The van der Waals surface area contributed by atoms with Crippen LogP contribution in [-0.2, 0) is 0 Å². The van der Waals surface area contributed by atoms with Crippen molar-refractivity contribution in [3.05, 3.63) is 60.4 Å². The van der Waals surface area contributed by atoms with E-state index in [1.54, 1.807) is 11.8 Å². The maximum absolute atomic E-state index is 4.84. The molecule has 4 heteroatoms. The summed E-state index contributed by atoms with van der Waals surface area (Å²) >= 11 is 1.76. The van der Waals surface area contributed by atoms with E-state index in [1.807, 2.05) is 0 Å². The number of hydrogen-bond donors (Lipinski definition) is 0. The fourth-order valence-electron chi connectivity index (χ4n) is 3.51. The molecule has 142 valence electrons. The van der Waals surface area contributed by atoms with Crippen LogP contribution in [0.3, 0.4) is 0 Å². The molecule has 27 heavy (non-hydrogen) atoms. The van der Waals surface area contributed by atoms with Crippen molar-refractivity contribution in [3.63, 3.8) is 0 Å². The number of nitrogens with zero attached hydrogens (tertiary/aromatic N) is 3. The molecule has 0 fully saturated rings. The summed E-state index contributed by atoms with van der Waals surface area (Å²) in [6, 6.07) is 15.2. The minimum atomic E-state index is 1.01. The van der Waals surface area contributed by atoms with Crippen molar-refractivity contribution < 1.29 is 0 Å². The van der Waals surface area contributed by atoms with Crippen molar-refractivity contribution in [1.29, 1.82) is 0 Å². The lowest BCUT2D eigenvalue weighted by Gasteiger charge is -2.26. The predicted octanol–water partition coefficient (Wildman–Crippen LogP) is 6.15. The van der Waals surface area contributed by atoms with E-state index < -0.39 is 0 Å². The molecule has 3 rings (SSSR count). The van der Waals surface area contributed by atoms with Gasteiger partial charge in [-0.3, -0.25) is 0 Å². The minimum Gasteiger partial charge on any atom is -0.370 e. The van der Waals surface area contributed by atoms with Crippen LogP contribution in [0, 0.1) is 6.92 Å². The second kappa shape index (κ2) is 8.66. The number of hydrogen-bond acceptors (Lipinski definition) is 3. The van der Waals surface area contributed by atoms with E-state index in [4.69, 9.17) is 5.10 Å². The van der Waals surface area contributed by atoms with Crippen LogP contribution in [0.5, 0.6) is 0 Å². The van der Waals surface area contributed by atoms with E-state index >= 15 is 0 Å². The molecule has 0 N–H and O–H groups in total. The molecular weight excluding hydrogens is 350 g/mol. The van der Waals surface area contributed by atoms with Crippen LogP contribution in [0.1, 0.15) is 38.1 Å². The summed E-state index contributed by atoms with van der Waals surface area (Å²) < 4.78 is 2.08. The van der Waals surface area contributed by atoms with Crippen LogP contribution < -0.4 is 0 Å². The molecule has 0 amide bonds. The average Bonchev–Trinajstić information content (AvgIpc) is 3.07. The van der Waals surface area contributed by atoms with Gasteiger partial charge in [0.15, 0.2) is 0 Å². The fraction of sp³-hybridized carbons (Fsp3) is 0.348. The van der Waals surface area contributed by atoms with Crippen molar-refractivity contribution in [2.24, 2.45) is 0 Å². The van der Waals surface area contributed by atoms with Crippen LogP contribution in [-0.4, -0.2) is 34.0 Å². The third-order valence-corrected chi connectivity index (χ3v) is 5.54. The van der Waals surface area contributed by atoms with Gasteiger partial charge in [0.05, 0.1) is 22.8 Å². The number of thioether (sulfide) groups is 1. The molecule has 0 saturated heterocycles. The summed E-state index contributed by atoms with van der Waals surface area (Å²) in [6.45, 7) is 13.0. The molecule has 0 radical (unpaired) electrons. The van der Waals surface area contributed by atoms with Gasteiger partial charge in [-0.15, -0.1) is 11.8 Å². The summed E-state index contributed by atoms with van der Waals surface area (Å²) in [5, 5.41) is 7.32.